The van der Waals surface area contributed by atoms with Crippen LogP contribution in [0.2, 0.25) is 0 Å². The lowest BCUT2D eigenvalue weighted by Gasteiger charge is -2.05. The van der Waals surface area contributed by atoms with Gasteiger partial charge in [0.05, 0.1) is 0 Å². The highest BCUT2D eigenvalue weighted by Crippen LogP contribution is 2.16. The Morgan fingerprint density at radius 3 is 2.43 bits per heavy atom. The van der Waals surface area contributed by atoms with Gasteiger partial charge in [0.2, 0.25) is 0 Å². The lowest BCUT2D eigenvalue weighted by atomic mass is 10.0. The van der Waals surface area contributed by atoms with E-state index < -0.39 is 0 Å². The van der Waals surface area contributed by atoms with E-state index in [2.05, 4.69) is 25.2 Å². The lowest BCUT2D eigenvalue weighted by Crippen LogP contribution is -1.85. The average molecular weight is 194 g/mol. The van der Waals surface area contributed by atoms with Gasteiger partial charge in [0.1, 0.15) is 0 Å². The van der Waals surface area contributed by atoms with E-state index in [1.165, 1.54) is 44.9 Å². The van der Waals surface area contributed by atoms with Crippen molar-refractivity contribution >= 4 is 0 Å². The van der Waals surface area contributed by atoms with Crippen molar-refractivity contribution < 1.29 is 0 Å². The van der Waals surface area contributed by atoms with Gasteiger partial charge in [-0.1, -0.05) is 63.8 Å². The van der Waals surface area contributed by atoms with Gasteiger partial charge >= 0.3 is 0 Å². The van der Waals surface area contributed by atoms with Crippen LogP contribution in [0.5, 0.6) is 0 Å². The molecule has 0 amide bonds. The molecule has 0 nitrogen and oxygen atoms in total. The first-order valence-corrected chi connectivity index (χ1v) is 6.29. The molecule has 1 rings (SSSR count). The molecule has 0 spiro atoms. The first kappa shape index (κ1) is 13.5. The summed E-state index contributed by atoms with van der Waals surface area (Å²) in [5, 5.41) is 0. The van der Waals surface area contributed by atoms with E-state index in [0.29, 0.717) is 0 Å². The molecule has 82 valence electrons. The van der Waals surface area contributed by atoms with Crippen molar-refractivity contribution in [1.82, 2.24) is 0 Å². The van der Waals surface area contributed by atoms with Crippen LogP contribution >= 0.6 is 0 Å². The zero-order valence-electron chi connectivity index (χ0n) is 10.2. The highest BCUT2D eigenvalue weighted by Gasteiger charge is 1.96. The first-order chi connectivity index (χ1) is 6.93. The maximum atomic E-state index is 2.39. The molecule has 0 saturated heterocycles. The van der Waals surface area contributed by atoms with Gasteiger partial charge in [0, 0.05) is 0 Å². The average Bonchev–Trinajstić information content (AvgIpc) is 2.29. The van der Waals surface area contributed by atoms with Crippen LogP contribution in [0.25, 0.3) is 0 Å². The maximum absolute atomic E-state index is 2.39. The zero-order chi connectivity index (χ0) is 10.6. The Labute approximate surface area is 90.1 Å². The van der Waals surface area contributed by atoms with E-state index >= 15 is 0 Å². The Bertz CT molecular complexity index is 163. The van der Waals surface area contributed by atoms with Crippen LogP contribution in [-0.4, -0.2) is 0 Å². The first-order valence-electron chi connectivity index (χ1n) is 6.29. The number of unbranched alkanes of at least 4 members (excludes halogenated alkanes) is 3. The Morgan fingerprint density at radius 1 is 1.07 bits per heavy atom. The van der Waals surface area contributed by atoms with Crippen molar-refractivity contribution in [1.29, 1.82) is 0 Å². The molecular weight excluding hydrogens is 168 g/mol. The van der Waals surface area contributed by atoms with Crippen molar-refractivity contribution in [3.63, 3.8) is 0 Å². The van der Waals surface area contributed by atoms with Crippen LogP contribution in [0.1, 0.15) is 65.7 Å². The molecule has 0 heterocycles. The number of allylic oxidation sites excluding steroid dienone is 4. The minimum absolute atomic E-state index is 1.25. The summed E-state index contributed by atoms with van der Waals surface area (Å²) in [6.45, 7) is 6.26. The van der Waals surface area contributed by atoms with Gasteiger partial charge in [-0.15, -0.1) is 0 Å². The fourth-order valence-corrected chi connectivity index (χ4v) is 1.61. The SMILES string of the molecule is CC.CCCCCCC1=CCCC=C1. The predicted octanol–water partition coefficient (Wildman–Crippen LogP) is 5.26. The topological polar surface area (TPSA) is 0 Å². The molecule has 0 aliphatic heterocycles. The van der Waals surface area contributed by atoms with E-state index in [1.807, 2.05) is 13.8 Å². The van der Waals surface area contributed by atoms with Crippen LogP contribution in [-0.2, 0) is 0 Å². The summed E-state index contributed by atoms with van der Waals surface area (Å²) in [7, 11) is 0. The lowest BCUT2D eigenvalue weighted by molar-refractivity contribution is 0.666. The third-order valence-electron chi connectivity index (χ3n) is 2.39. The molecule has 0 aromatic rings. The largest absolute Gasteiger partial charge is 0.0840 e. The molecule has 0 N–H and O–H groups in total. The van der Waals surface area contributed by atoms with Crippen LogP contribution in [0.3, 0.4) is 0 Å². The van der Waals surface area contributed by atoms with Gasteiger partial charge in [-0.25, -0.2) is 0 Å². The molecule has 0 aromatic heterocycles. The Balaban J connectivity index is 0.000000791. The maximum Gasteiger partial charge on any atom is -0.0282 e. The molecule has 0 atom stereocenters. The standard InChI is InChI=1S/C12H20.C2H6/c1-2-3-4-6-9-12-10-7-5-8-11-12;1-2/h7,10-11H,2-6,8-9H2,1H3;1-2H3. The molecule has 0 aromatic carbocycles. The molecule has 0 bridgehead atoms. The Morgan fingerprint density at radius 2 is 1.86 bits per heavy atom. The van der Waals surface area contributed by atoms with Gasteiger partial charge in [-0.2, -0.15) is 0 Å². The quantitative estimate of drug-likeness (QED) is 0.524. The summed E-state index contributed by atoms with van der Waals surface area (Å²) < 4.78 is 0. The van der Waals surface area contributed by atoms with Crippen molar-refractivity contribution in [2.45, 2.75) is 65.7 Å². The summed E-state index contributed by atoms with van der Waals surface area (Å²) in [5.74, 6) is 0. The van der Waals surface area contributed by atoms with Gasteiger partial charge in [-0.3, -0.25) is 0 Å². The second-order valence-corrected chi connectivity index (χ2v) is 3.57. The second kappa shape index (κ2) is 10.6. The van der Waals surface area contributed by atoms with Crippen molar-refractivity contribution in [2.24, 2.45) is 0 Å². The highest BCUT2D eigenvalue weighted by atomic mass is 14.0. The summed E-state index contributed by atoms with van der Waals surface area (Å²) in [6.07, 6.45) is 16.3. The van der Waals surface area contributed by atoms with E-state index in [9.17, 15) is 0 Å². The summed E-state index contributed by atoms with van der Waals surface area (Å²) in [6, 6.07) is 0. The van der Waals surface area contributed by atoms with Crippen LogP contribution < -0.4 is 0 Å². The molecule has 0 radical (unpaired) electrons. The predicted molar refractivity (Wildman–Crippen MR) is 66.6 cm³/mol. The second-order valence-electron chi connectivity index (χ2n) is 3.57. The van der Waals surface area contributed by atoms with E-state index in [-0.39, 0.29) is 0 Å². The molecule has 14 heavy (non-hydrogen) atoms. The van der Waals surface area contributed by atoms with Gasteiger partial charge in [-0.05, 0) is 25.7 Å². The molecule has 0 saturated carbocycles. The van der Waals surface area contributed by atoms with Gasteiger partial charge < -0.3 is 0 Å². The third kappa shape index (κ3) is 6.94. The summed E-state index contributed by atoms with van der Waals surface area (Å²) in [5.41, 5.74) is 1.57. The molecule has 1 aliphatic rings. The van der Waals surface area contributed by atoms with Crippen molar-refractivity contribution in [3.05, 3.63) is 23.8 Å². The fraction of sp³-hybridized carbons (Fsp3) is 0.714. The van der Waals surface area contributed by atoms with Crippen LogP contribution in [0.4, 0.5) is 0 Å². The highest BCUT2D eigenvalue weighted by molar-refractivity contribution is 5.21. The normalized spacial score (nSPS) is 14.4. The smallest absolute Gasteiger partial charge is 0.0282 e. The molecular formula is C14H26. The molecule has 0 unspecified atom stereocenters. The van der Waals surface area contributed by atoms with E-state index in [4.69, 9.17) is 0 Å². The summed E-state index contributed by atoms with van der Waals surface area (Å²) >= 11 is 0. The van der Waals surface area contributed by atoms with Crippen LogP contribution in [0.15, 0.2) is 23.8 Å². The zero-order valence-corrected chi connectivity index (χ0v) is 10.2. The Kier molecular flexibility index (Phi) is 10.2. The minimum Gasteiger partial charge on any atom is -0.0840 e. The molecule has 0 fully saturated rings. The third-order valence-corrected chi connectivity index (χ3v) is 2.39. The monoisotopic (exact) mass is 194 g/mol. The fourth-order valence-electron chi connectivity index (χ4n) is 1.61. The number of hydrogen-bond acceptors (Lipinski definition) is 0. The van der Waals surface area contributed by atoms with E-state index in [1.54, 1.807) is 5.57 Å². The Hall–Kier alpha value is -0.520. The van der Waals surface area contributed by atoms with E-state index in [0.717, 1.165) is 0 Å². The van der Waals surface area contributed by atoms with Gasteiger partial charge in [0.25, 0.3) is 0 Å². The van der Waals surface area contributed by atoms with Crippen molar-refractivity contribution in [3.8, 4) is 0 Å². The van der Waals surface area contributed by atoms with Gasteiger partial charge in [0.15, 0.2) is 0 Å². The van der Waals surface area contributed by atoms with Crippen LogP contribution in [0, 0.1) is 0 Å². The number of rotatable bonds is 5. The molecule has 1 aliphatic carbocycles. The number of hydrogen-bond donors (Lipinski definition) is 0. The minimum atomic E-state index is 1.25. The molecule has 0 heteroatoms. The van der Waals surface area contributed by atoms with Crippen molar-refractivity contribution in [2.75, 3.05) is 0 Å². The summed E-state index contributed by atoms with van der Waals surface area (Å²) in [4.78, 5) is 0.